The Labute approximate surface area is 123 Å². The minimum Gasteiger partial charge on any atom is -0.376 e. The van der Waals surface area contributed by atoms with Gasteiger partial charge in [-0.15, -0.1) is 0 Å². The summed E-state index contributed by atoms with van der Waals surface area (Å²) in [6.45, 7) is 2.84. The van der Waals surface area contributed by atoms with Crippen LogP contribution in [0.2, 0.25) is 5.15 Å². The predicted molar refractivity (Wildman–Crippen MR) is 79.9 cm³/mol. The van der Waals surface area contributed by atoms with Gasteiger partial charge in [-0.3, -0.25) is 0 Å². The number of aromatic nitrogens is 2. The Morgan fingerprint density at radius 3 is 2.75 bits per heavy atom. The summed E-state index contributed by atoms with van der Waals surface area (Å²) in [6, 6.07) is 11.8. The highest BCUT2D eigenvalue weighted by Gasteiger charge is 2.24. The number of nitrogens with one attached hydrogen (secondary N) is 1. The van der Waals surface area contributed by atoms with Gasteiger partial charge in [0.15, 0.2) is 5.82 Å². The lowest BCUT2D eigenvalue weighted by Crippen LogP contribution is -2.27. The van der Waals surface area contributed by atoms with Gasteiger partial charge in [-0.1, -0.05) is 41.9 Å². The molecule has 2 atom stereocenters. The van der Waals surface area contributed by atoms with Crippen LogP contribution < -0.4 is 5.32 Å². The Morgan fingerprint density at radius 2 is 2.05 bits per heavy atom. The summed E-state index contributed by atoms with van der Waals surface area (Å²) >= 11 is 6.10. The van der Waals surface area contributed by atoms with Crippen LogP contribution in [-0.4, -0.2) is 28.7 Å². The molecule has 0 radical (unpaired) electrons. The summed E-state index contributed by atoms with van der Waals surface area (Å²) in [5, 5.41) is 3.82. The molecule has 1 aliphatic heterocycles. The maximum Gasteiger partial charge on any atom is 0.163 e. The summed E-state index contributed by atoms with van der Waals surface area (Å²) in [6.07, 6.45) is 1.16. The van der Waals surface area contributed by atoms with E-state index in [0.29, 0.717) is 11.0 Å². The quantitative estimate of drug-likeness (QED) is 0.880. The SMILES string of the molecule is CC1OCCC1Nc1cc(Cl)nc(-c2ccccc2)n1. The van der Waals surface area contributed by atoms with Crippen molar-refractivity contribution in [1.82, 2.24) is 9.97 Å². The van der Waals surface area contributed by atoms with Crippen molar-refractivity contribution in [2.75, 3.05) is 11.9 Å². The third kappa shape index (κ3) is 2.92. The van der Waals surface area contributed by atoms with Gasteiger partial charge >= 0.3 is 0 Å². The number of hydrogen-bond donors (Lipinski definition) is 1. The predicted octanol–water partition coefficient (Wildman–Crippen LogP) is 3.39. The van der Waals surface area contributed by atoms with E-state index in [-0.39, 0.29) is 12.1 Å². The zero-order valence-corrected chi connectivity index (χ0v) is 12.0. The molecule has 1 saturated heterocycles. The van der Waals surface area contributed by atoms with Gasteiger partial charge in [-0.2, -0.15) is 0 Å². The van der Waals surface area contributed by atoms with Gasteiger partial charge in [0.2, 0.25) is 0 Å². The van der Waals surface area contributed by atoms with Crippen LogP contribution in [0.5, 0.6) is 0 Å². The van der Waals surface area contributed by atoms with Gasteiger partial charge in [0.25, 0.3) is 0 Å². The van der Waals surface area contributed by atoms with Gasteiger partial charge < -0.3 is 10.1 Å². The van der Waals surface area contributed by atoms with Crippen molar-refractivity contribution in [3.05, 3.63) is 41.6 Å². The van der Waals surface area contributed by atoms with Crippen LogP contribution in [0.1, 0.15) is 13.3 Å². The van der Waals surface area contributed by atoms with Gasteiger partial charge in [0, 0.05) is 18.2 Å². The molecule has 0 amide bonds. The fourth-order valence-electron chi connectivity index (χ4n) is 2.32. The molecule has 104 valence electrons. The average molecular weight is 290 g/mol. The third-order valence-electron chi connectivity index (χ3n) is 3.44. The number of rotatable bonds is 3. The lowest BCUT2D eigenvalue weighted by molar-refractivity contribution is 0.121. The molecule has 0 spiro atoms. The van der Waals surface area contributed by atoms with Crippen LogP contribution >= 0.6 is 11.6 Å². The average Bonchev–Trinajstić information content (AvgIpc) is 2.85. The Balaban J connectivity index is 1.87. The molecule has 5 heteroatoms. The first kappa shape index (κ1) is 13.3. The zero-order chi connectivity index (χ0) is 13.9. The van der Waals surface area contributed by atoms with Crippen molar-refractivity contribution in [3.63, 3.8) is 0 Å². The van der Waals surface area contributed by atoms with E-state index in [9.17, 15) is 0 Å². The van der Waals surface area contributed by atoms with E-state index in [1.807, 2.05) is 30.3 Å². The number of anilines is 1. The summed E-state index contributed by atoms with van der Waals surface area (Å²) in [5.41, 5.74) is 0.953. The maximum absolute atomic E-state index is 6.10. The van der Waals surface area contributed by atoms with E-state index in [0.717, 1.165) is 24.4 Å². The highest BCUT2D eigenvalue weighted by Crippen LogP contribution is 2.23. The second-order valence-electron chi connectivity index (χ2n) is 4.88. The molecule has 1 aromatic carbocycles. The first-order valence-corrected chi connectivity index (χ1v) is 7.08. The smallest absolute Gasteiger partial charge is 0.163 e. The van der Waals surface area contributed by atoms with Crippen molar-refractivity contribution < 1.29 is 4.74 Å². The van der Waals surface area contributed by atoms with Gasteiger partial charge in [0.05, 0.1) is 12.1 Å². The summed E-state index contributed by atoms with van der Waals surface area (Å²) < 4.78 is 5.54. The van der Waals surface area contributed by atoms with Crippen molar-refractivity contribution in [3.8, 4) is 11.4 Å². The highest BCUT2D eigenvalue weighted by molar-refractivity contribution is 6.29. The van der Waals surface area contributed by atoms with E-state index >= 15 is 0 Å². The minimum atomic E-state index is 0.184. The molecular weight excluding hydrogens is 274 g/mol. The first-order valence-electron chi connectivity index (χ1n) is 6.70. The number of ether oxygens (including phenoxy) is 1. The topological polar surface area (TPSA) is 47.0 Å². The fraction of sp³-hybridized carbons (Fsp3) is 0.333. The number of halogens is 1. The standard InChI is InChI=1S/C15H16ClN3O/c1-10-12(7-8-20-10)17-14-9-13(16)18-15(19-14)11-5-3-2-4-6-11/h2-6,9-10,12H,7-8H2,1H3,(H,17,18,19). The molecule has 1 aliphatic rings. The molecule has 0 bridgehead atoms. The van der Waals surface area contributed by atoms with Crippen LogP contribution in [-0.2, 0) is 4.74 Å². The molecular formula is C15H16ClN3O. The van der Waals surface area contributed by atoms with Crippen LogP contribution in [0.25, 0.3) is 11.4 Å². The van der Waals surface area contributed by atoms with Gasteiger partial charge in [-0.05, 0) is 13.3 Å². The molecule has 0 saturated carbocycles. The number of hydrogen-bond acceptors (Lipinski definition) is 4. The fourth-order valence-corrected chi connectivity index (χ4v) is 2.50. The van der Waals surface area contributed by atoms with Crippen LogP contribution in [0.4, 0.5) is 5.82 Å². The molecule has 0 aliphatic carbocycles. The number of benzene rings is 1. The van der Waals surface area contributed by atoms with Crippen LogP contribution in [0.3, 0.4) is 0 Å². The molecule has 20 heavy (non-hydrogen) atoms. The first-order chi connectivity index (χ1) is 9.72. The minimum absolute atomic E-state index is 0.184. The molecule has 2 unspecified atom stereocenters. The van der Waals surface area contributed by atoms with E-state index in [1.165, 1.54) is 0 Å². The van der Waals surface area contributed by atoms with Gasteiger partial charge in [-0.25, -0.2) is 9.97 Å². The molecule has 2 heterocycles. The van der Waals surface area contributed by atoms with E-state index in [1.54, 1.807) is 6.07 Å². The largest absolute Gasteiger partial charge is 0.376 e. The molecule has 2 aromatic rings. The van der Waals surface area contributed by atoms with Crippen molar-refractivity contribution >= 4 is 17.4 Å². The monoisotopic (exact) mass is 289 g/mol. The zero-order valence-electron chi connectivity index (χ0n) is 11.2. The Morgan fingerprint density at radius 1 is 1.25 bits per heavy atom. The summed E-state index contributed by atoms with van der Waals surface area (Å²) in [4.78, 5) is 8.82. The van der Waals surface area contributed by atoms with Crippen molar-refractivity contribution in [1.29, 1.82) is 0 Å². The summed E-state index contributed by atoms with van der Waals surface area (Å²) in [7, 11) is 0. The lowest BCUT2D eigenvalue weighted by Gasteiger charge is -2.17. The summed E-state index contributed by atoms with van der Waals surface area (Å²) in [5.74, 6) is 1.37. The van der Waals surface area contributed by atoms with Crippen molar-refractivity contribution in [2.45, 2.75) is 25.5 Å². The second kappa shape index (κ2) is 5.77. The molecule has 4 nitrogen and oxygen atoms in total. The van der Waals surface area contributed by atoms with E-state index in [2.05, 4.69) is 22.2 Å². The van der Waals surface area contributed by atoms with E-state index in [4.69, 9.17) is 16.3 Å². The molecule has 1 fully saturated rings. The van der Waals surface area contributed by atoms with Crippen LogP contribution in [0, 0.1) is 0 Å². The van der Waals surface area contributed by atoms with E-state index < -0.39 is 0 Å². The Hall–Kier alpha value is -1.65. The van der Waals surface area contributed by atoms with Gasteiger partial charge in [0.1, 0.15) is 11.0 Å². The molecule has 3 rings (SSSR count). The highest BCUT2D eigenvalue weighted by atomic mass is 35.5. The maximum atomic E-state index is 6.10. The second-order valence-corrected chi connectivity index (χ2v) is 5.27. The van der Waals surface area contributed by atoms with Crippen molar-refractivity contribution in [2.24, 2.45) is 0 Å². The normalized spacial score (nSPS) is 21.9. The third-order valence-corrected chi connectivity index (χ3v) is 3.63. The molecule has 1 aromatic heterocycles. The Bertz CT molecular complexity index is 591. The number of nitrogens with zero attached hydrogens (tertiary/aromatic N) is 2. The van der Waals surface area contributed by atoms with Crippen LogP contribution in [0.15, 0.2) is 36.4 Å². The lowest BCUT2D eigenvalue weighted by atomic mass is 10.1. The Kier molecular flexibility index (Phi) is 3.85. The molecule has 1 N–H and O–H groups in total.